The van der Waals surface area contributed by atoms with Gasteiger partial charge < -0.3 is 20.9 Å². The van der Waals surface area contributed by atoms with Crippen LogP contribution in [-0.4, -0.2) is 54.8 Å². The van der Waals surface area contributed by atoms with Gasteiger partial charge in [0.05, 0.1) is 0 Å². The lowest BCUT2D eigenvalue weighted by atomic mass is 10.1. The Bertz CT molecular complexity index is 536. The average Bonchev–Trinajstić information content (AvgIpc) is 2.46. The Kier molecular flexibility index (Phi) is 4.93. The molecule has 3 N–H and O–H groups in total. The number of piperazine rings is 1. The van der Waals surface area contributed by atoms with Gasteiger partial charge in [0.1, 0.15) is 0 Å². The summed E-state index contributed by atoms with van der Waals surface area (Å²) in [7, 11) is 2.05. The molecule has 1 fully saturated rings. The Hall–Kier alpha value is -1.92. The molecule has 0 unspecified atom stereocenters. The molecule has 1 aliphatic rings. The third-order valence-electron chi connectivity index (χ3n) is 3.59. The number of likely N-dealkylation sites (N-methyl/N-ethyl adjacent to an activating group) is 1. The molecule has 1 heterocycles. The lowest BCUT2D eigenvalue weighted by Gasteiger charge is -2.32. The van der Waals surface area contributed by atoms with Gasteiger partial charge in [0.25, 0.3) is 5.91 Å². The van der Waals surface area contributed by atoms with E-state index >= 15 is 0 Å². The zero-order chi connectivity index (χ0) is 15.4. The summed E-state index contributed by atoms with van der Waals surface area (Å²) < 4.78 is 0. The maximum absolute atomic E-state index is 12.6. The summed E-state index contributed by atoms with van der Waals surface area (Å²) in [4.78, 5) is 27.8. The average molecular weight is 290 g/mol. The molecule has 0 saturated carbocycles. The number of benzene rings is 1. The number of carbonyl (C=O) groups excluding carboxylic acids is 2. The molecule has 1 aromatic rings. The van der Waals surface area contributed by atoms with Crippen molar-refractivity contribution in [3.63, 3.8) is 0 Å². The maximum Gasteiger partial charge on any atom is 0.254 e. The number of carbonyl (C=O) groups is 2. The number of hydrogen-bond donors (Lipinski definition) is 2. The Balaban J connectivity index is 2.21. The van der Waals surface area contributed by atoms with Crippen LogP contribution in [0.1, 0.15) is 22.8 Å². The normalized spacial score (nSPS) is 15.9. The highest BCUT2D eigenvalue weighted by atomic mass is 16.2. The number of nitrogens with two attached hydrogens (primary N) is 1. The van der Waals surface area contributed by atoms with Crippen molar-refractivity contribution in [2.24, 2.45) is 5.73 Å². The number of hydrogen-bond acceptors (Lipinski definition) is 4. The minimum absolute atomic E-state index is 0.00926. The topological polar surface area (TPSA) is 78.7 Å². The third kappa shape index (κ3) is 4.03. The smallest absolute Gasteiger partial charge is 0.254 e. The van der Waals surface area contributed by atoms with Gasteiger partial charge in [-0.2, -0.15) is 0 Å². The molecule has 6 heteroatoms. The first-order valence-electron chi connectivity index (χ1n) is 7.09. The van der Waals surface area contributed by atoms with E-state index in [4.69, 9.17) is 5.73 Å². The second kappa shape index (κ2) is 6.69. The summed E-state index contributed by atoms with van der Waals surface area (Å²) in [5, 5.41) is 2.71. The van der Waals surface area contributed by atoms with E-state index in [-0.39, 0.29) is 11.8 Å². The summed E-state index contributed by atoms with van der Waals surface area (Å²) in [6.07, 6.45) is 0. The van der Waals surface area contributed by atoms with E-state index < -0.39 is 0 Å². The molecule has 0 aliphatic carbocycles. The molecule has 0 radical (unpaired) electrons. The van der Waals surface area contributed by atoms with E-state index in [1.165, 1.54) is 6.92 Å². The summed E-state index contributed by atoms with van der Waals surface area (Å²) in [6.45, 7) is 4.96. The van der Waals surface area contributed by atoms with Gasteiger partial charge in [-0.25, -0.2) is 0 Å². The van der Waals surface area contributed by atoms with Crippen LogP contribution in [0.15, 0.2) is 18.2 Å². The van der Waals surface area contributed by atoms with Crippen molar-refractivity contribution in [1.29, 1.82) is 0 Å². The van der Waals surface area contributed by atoms with Gasteiger partial charge >= 0.3 is 0 Å². The maximum atomic E-state index is 12.6. The largest absolute Gasteiger partial charge is 0.336 e. The minimum atomic E-state index is -0.165. The zero-order valence-corrected chi connectivity index (χ0v) is 12.6. The van der Waals surface area contributed by atoms with Crippen molar-refractivity contribution in [2.45, 2.75) is 13.5 Å². The molecule has 1 aromatic carbocycles. The lowest BCUT2D eigenvalue weighted by Crippen LogP contribution is -2.47. The summed E-state index contributed by atoms with van der Waals surface area (Å²) in [5.41, 5.74) is 7.69. The summed E-state index contributed by atoms with van der Waals surface area (Å²) >= 11 is 0. The Morgan fingerprint density at radius 3 is 2.43 bits per heavy atom. The Morgan fingerprint density at radius 1 is 1.19 bits per heavy atom. The van der Waals surface area contributed by atoms with Crippen LogP contribution in [0.2, 0.25) is 0 Å². The highest BCUT2D eigenvalue weighted by molar-refractivity contribution is 5.97. The van der Waals surface area contributed by atoms with Crippen molar-refractivity contribution in [3.8, 4) is 0 Å². The molecular formula is C15H22N4O2. The summed E-state index contributed by atoms with van der Waals surface area (Å²) in [6, 6.07) is 5.30. The highest BCUT2D eigenvalue weighted by Gasteiger charge is 2.21. The van der Waals surface area contributed by atoms with Crippen LogP contribution >= 0.6 is 0 Å². The zero-order valence-electron chi connectivity index (χ0n) is 12.6. The van der Waals surface area contributed by atoms with Crippen LogP contribution in [0, 0.1) is 0 Å². The van der Waals surface area contributed by atoms with Gasteiger partial charge in [0.15, 0.2) is 0 Å². The van der Waals surface area contributed by atoms with E-state index in [9.17, 15) is 9.59 Å². The molecular weight excluding hydrogens is 268 g/mol. The molecule has 21 heavy (non-hydrogen) atoms. The number of anilines is 1. The van der Waals surface area contributed by atoms with E-state index in [0.29, 0.717) is 17.8 Å². The second-order valence-corrected chi connectivity index (χ2v) is 5.40. The monoisotopic (exact) mass is 290 g/mol. The fraction of sp³-hybridized carbons (Fsp3) is 0.467. The predicted octanol–water partition coefficient (Wildman–Crippen LogP) is 0.491. The predicted molar refractivity (Wildman–Crippen MR) is 82.0 cm³/mol. The molecule has 6 nitrogen and oxygen atoms in total. The molecule has 1 saturated heterocycles. The van der Waals surface area contributed by atoms with Gasteiger partial charge in [-0.15, -0.1) is 0 Å². The van der Waals surface area contributed by atoms with E-state index in [1.54, 1.807) is 18.2 Å². The van der Waals surface area contributed by atoms with Crippen molar-refractivity contribution >= 4 is 17.5 Å². The molecule has 0 spiro atoms. The van der Waals surface area contributed by atoms with Gasteiger partial charge in [0.2, 0.25) is 5.91 Å². The lowest BCUT2D eigenvalue weighted by molar-refractivity contribution is -0.114. The van der Waals surface area contributed by atoms with Gasteiger partial charge in [-0.05, 0) is 30.8 Å². The van der Waals surface area contributed by atoms with Crippen LogP contribution in [-0.2, 0) is 11.3 Å². The first-order chi connectivity index (χ1) is 9.99. The minimum Gasteiger partial charge on any atom is -0.336 e. The number of amides is 2. The SMILES string of the molecule is CC(=O)Nc1cc(CN)cc(C(=O)N2CCN(C)CC2)c1. The fourth-order valence-electron chi connectivity index (χ4n) is 2.40. The van der Waals surface area contributed by atoms with Crippen molar-refractivity contribution in [2.75, 3.05) is 38.5 Å². The van der Waals surface area contributed by atoms with Crippen molar-refractivity contribution in [3.05, 3.63) is 29.3 Å². The molecule has 0 atom stereocenters. The molecule has 2 rings (SSSR count). The van der Waals surface area contributed by atoms with Crippen LogP contribution < -0.4 is 11.1 Å². The van der Waals surface area contributed by atoms with Crippen LogP contribution in [0.4, 0.5) is 5.69 Å². The second-order valence-electron chi connectivity index (χ2n) is 5.40. The molecule has 2 amide bonds. The Morgan fingerprint density at radius 2 is 1.86 bits per heavy atom. The van der Waals surface area contributed by atoms with E-state index in [1.807, 2.05) is 11.9 Å². The van der Waals surface area contributed by atoms with Gasteiger partial charge in [-0.1, -0.05) is 0 Å². The van der Waals surface area contributed by atoms with Crippen molar-refractivity contribution < 1.29 is 9.59 Å². The number of rotatable bonds is 3. The third-order valence-corrected chi connectivity index (χ3v) is 3.59. The Labute approximate surface area is 124 Å². The van der Waals surface area contributed by atoms with Crippen LogP contribution in [0.3, 0.4) is 0 Å². The molecule has 1 aliphatic heterocycles. The molecule has 0 aromatic heterocycles. The number of nitrogens with zero attached hydrogens (tertiary/aromatic N) is 2. The standard InChI is InChI=1S/C15H22N4O2/c1-11(20)17-14-8-12(10-16)7-13(9-14)15(21)19-5-3-18(2)4-6-19/h7-9H,3-6,10,16H2,1-2H3,(H,17,20). The number of nitrogens with one attached hydrogen (secondary N) is 1. The van der Waals surface area contributed by atoms with E-state index in [0.717, 1.165) is 31.7 Å². The van der Waals surface area contributed by atoms with Crippen molar-refractivity contribution in [1.82, 2.24) is 9.80 Å². The molecule has 114 valence electrons. The fourth-order valence-corrected chi connectivity index (χ4v) is 2.40. The highest BCUT2D eigenvalue weighted by Crippen LogP contribution is 2.17. The van der Waals surface area contributed by atoms with Crippen LogP contribution in [0.5, 0.6) is 0 Å². The first kappa shape index (κ1) is 15.5. The quantitative estimate of drug-likeness (QED) is 0.849. The van der Waals surface area contributed by atoms with Gasteiger partial charge in [0, 0.05) is 50.9 Å². The summed E-state index contributed by atoms with van der Waals surface area (Å²) in [5.74, 6) is -0.174. The van der Waals surface area contributed by atoms with E-state index in [2.05, 4.69) is 10.2 Å². The van der Waals surface area contributed by atoms with Crippen LogP contribution in [0.25, 0.3) is 0 Å². The molecule has 0 bridgehead atoms. The first-order valence-corrected chi connectivity index (χ1v) is 7.09. The van der Waals surface area contributed by atoms with Gasteiger partial charge in [-0.3, -0.25) is 9.59 Å².